The van der Waals surface area contributed by atoms with Crippen molar-refractivity contribution in [2.24, 2.45) is 5.92 Å². The second-order valence-corrected chi connectivity index (χ2v) is 8.66. The number of amides is 1. The van der Waals surface area contributed by atoms with Crippen LogP contribution in [0.15, 0.2) is 28.7 Å². The third kappa shape index (κ3) is 5.99. The lowest BCUT2D eigenvalue weighted by Crippen LogP contribution is -2.43. The summed E-state index contributed by atoms with van der Waals surface area (Å²) in [7, 11) is -3.23. The quantitative estimate of drug-likeness (QED) is 0.746. The van der Waals surface area contributed by atoms with Gasteiger partial charge in [-0.3, -0.25) is 4.79 Å². The molecule has 1 saturated heterocycles. The van der Waals surface area contributed by atoms with Crippen LogP contribution >= 0.6 is 15.9 Å². The number of hydrogen-bond acceptors (Lipinski definition) is 3. The van der Waals surface area contributed by atoms with Crippen molar-refractivity contribution >= 4 is 37.9 Å². The fourth-order valence-corrected chi connectivity index (χ4v) is 3.53. The van der Waals surface area contributed by atoms with Crippen molar-refractivity contribution < 1.29 is 17.6 Å². The molecule has 1 atom stereocenters. The zero-order valence-electron chi connectivity index (χ0n) is 13.3. The predicted octanol–water partition coefficient (Wildman–Crippen LogP) is 2.39. The molecule has 1 heterocycles. The summed E-state index contributed by atoms with van der Waals surface area (Å²) in [5.74, 6) is -0.497. The average Bonchev–Trinajstić information content (AvgIpc) is 2.53. The first-order valence-electron chi connectivity index (χ1n) is 7.61. The summed E-state index contributed by atoms with van der Waals surface area (Å²) in [5.41, 5.74) is 0.338. The number of carbonyl (C=O) groups excluding carboxylic acids is 1. The van der Waals surface area contributed by atoms with Crippen LogP contribution in [0.5, 0.6) is 0 Å². The van der Waals surface area contributed by atoms with E-state index in [0.717, 1.165) is 23.6 Å². The first-order chi connectivity index (χ1) is 11.2. The number of likely N-dealkylation sites (tertiary alicyclic amines) is 1. The zero-order valence-corrected chi connectivity index (χ0v) is 15.7. The van der Waals surface area contributed by atoms with Gasteiger partial charge in [0.15, 0.2) is 0 Å². The molecule has 0 aromatic heterocycles. The molecule has 8 heteroatoms. The highest BCUT2D eigenvalue weighted by Crippen LogP contribution is 2.19. The molecule has 5 nitrogen and oxygen atoms in total. The highest BCUT2D eigenvalue weighted by molar-refractivity contribution is 9.10. The van der Waals surface area contributed by atoms with Gasteiger partial charge in [0.1, 0.15) is 5.82 Å². The van der Waals surface area contributed by atoms with Crippen molar-refractivity contribution in [2.45, 2.75) is 12.8 Å². The van der Waals surface area contributed by atoms with E-state index in [1.807, 2.05) is 0 Å². The van der Waals surface area contributed by atoms with Gasteiger partial charge in [-0.25, -0.2) is 17.5 Å². The van der Waals surface area contributed by atoms with Gasteiger partial charge in [0, 0.05) is 35.7 Å². The van der Waals surface area contributed by atoms with Gasteiger partial charge in [0.25, 0.3) is 0 Å². The van der Waals surface area contributed by atoms with Crippen LogP contribution < -0.4 is 4.72 Å². The minimum Gasteiger partial charge on any atom is -0.339 e. The Balaban J connectivity index is 1.96. The molecule has 1 amide bonds. The first-order valence-corrected chi connectivity index (χ1v) is 10.3. The number of carbonyl (C=O) groups is 1. The molecule has 0 radical (unpaired) electrons. The Morgan fingerprint density at radius 3 is 2.96 bits per heavy atom. The summed E-state index contributed by atoms with van der Waals surface area (Å²) in [6, 6.07) is 4.54. The van der Waals surface area contributed by atoms with E-state index in [2.05, 4.69) is 20.7 Å². The van der Waals surface area contributed by atoms with Crippen LogP contribution in [0.1, 0.15) is 18.4 Å². The third-order valence-corrected chi connectivity index (χ3v) is 5.01. The summed E-state index contributed by atoms with van der Waals surface area (Å²) in [6.45, 7) is 1.44. The minimum atomic E-state index is -3.23. The van der Waals surface area contributed by atoms with E-state index < -0.39 is 15.8 Å². The molecular formula is C16H20BrFN2O3S. The van der Waals surface area contributed by atoms with E-state index in [4.69, 9.17) is 0 Å². The molecule has 2 rings (SSSR count). The second kappa shape index (κ2) is 8.22. The van der Waals surface area contributed by atoms with Gasteiger partial charge >= 0.3 is 0 Å². The Bertz CT molecular complexity index is 737. The third-order valence-electron chi connectivity index (χ3n) is 3.83. The minimum absolute atomic E-state index is 0.0911. The maximum Gasteiger partial charge on any atom is 0.246 e. The Hall–Kier alpha value is -1.25. The SMILES string of the molecule is CS(=O)(=O)NCC1CCCN(C(=O)/C=C/c2cc(Br)ccc2F)C1. The highest BCUT2D eigenvalue weighted by atomic mass is 79.9. The van der Waals surface area contributed by atoms with Gasteiger partial charge < -0.3 is 4.90 Å². The monoisotopic (exact) mass is 418 g/mol. The van der Waals surface area contributed by atoms with E-state index in [9.17, 15) is 17.6 Å². The molecule has 0 bridgehead atoms. The standard InChI is InChI=1S/C16H20BrFN2O3S/c1-24(22,23)19-10-12-3-2-8-20(11-12)16(21)7-4-13-9-14(17)5-6-15(13)18/h4-7,9,12,19H,2-3,8,10-11H2,1H3/b7-4+. The first kappa shape index (κ1) is 19.1. The van der Waals surface area contributed by atoms with Crippen LogP contribution in [0.2, 0.25) is 0 Å². The zero-order chi connectivity index (χ0) is 17.7. The van der Waals surface area contributed by atoms with E-state index in [-0.39, 0.29) is 11.8 Å². The molecular weight excluding hydrogens is 399 g/mol. The summed E-state index contributed by atoms with van der Waals surface area (Å²) in [4.78, 5) is 14.0. The van der Waals surface area contributed by atoms with E-state index >= 15 is 0 Å². The number of sulfonamides is 1. The maximum absolute atomic E-state index is 13.7. The number of rotatable bonds is 5. The number of halogens is 2. The lowest BCUT2D eigenvalue weighted by atomic mass is 9.98. The fourth-order valence-electron chi connectivity index (χ4n) is 2.61. The molecule has 1 aromatic carbocycles. The van der Waals surface area contributed by atoms with Crippen LogP contribution in [0.4, 0.5) is 4.39 Å². The summed E-state index contributed by atoms with van der Waals surface area (Å²) >= 11 is 3.27. The Morgan fingerprint density at radius 2 is 2.25 bits per heavy atom. The lowest BCUT2D eigenvalue weighted by Gasteiger charge is -2.32. The number of benzene rings is 1. The van der Waals surface area contributed by atoms with Crippen LogP contribution in [-0.4, -0.2) is 45.1 Å². The van der Waals surface area contributed by atoms with Crippen molar-refractivity contribution in [3.63, 3.8) is 0 Å². The molecule has 0 spiro atoms. The predicted molar refractivity (Wildman–Crippen MR) is 95.3 cm³/mol. The Morgan fingerprint density at radius 1 is 1.50 bits per heavy atom. The van der Waals surface area contributed by atoms with Crippen molar-refractivity contribution in [2.75, 3.05) is 25.9 Å². The number of piperidine rings is 1. The number of nitrogens with zero attached hydrogens (tertiary/aromatic N) is 1. The van der Waals surface area contributed by atoms with Crippen molar-refractivity contribution in [1.29, 1.82) is 0 Å². The second-order valence-electron chi connectivity index (χ2n) is 5.91. The van der Waals surface area contributed by atoms with Crippen LogP contribution in [0.25, 0.3) is 6.08 Å². The molecule has 1 fully saturated rings. The lowest BCUT2D eigenvalue weighted by molar-refractivity contribution is -0.127. The van der Waals surface area contributed by atoms with Gasteiger partial charge in [0.2, 0.25) is 15.9 Å². The highest BCUT2D eigenvalue weighted by Gasteiger charge is 2.23. The molecule has 0 saturated carbocycles. The van der Waals surface area contributed by atoms with Crippen LogP contribution in [0.3, 0.4) is 0 Å². The molecule has 1 aliphatic heterocycles. The smallest absolute Gasteiger partial charge is 0.246 e. The van der Waals surface area contributed by atoms with Crippen LogP contribution in [-0.2, 0) is 14.8 Å². The van der Waals surface area contributed by atoms with Gasteiger partial charge in [-0.15, -0.1) is 0 Å². The molecule has 24 heavy (non-hydrogen) atoms. The Kier molecular flexibility index (Phi) is 6.54. The van der Waals surface area contributed by atoms with Gasteiger partial charge in [-0.05, 0) is 43.0 Å². The van der Waals surface area contributed by atoms with Gasteiger partial charge in [-0.2, -0.15) is 0 Å². The molecule has 1 aliphatic rings. The van der Waals surface area contributed by atoms with Crippen molar-refractivity contribution in [1.82, 2.24) is 9.62 Å². The van der Waals surface area contributed by atoms with E-state index in [1.54, 1.807) is 17.0 Å². The molecule has 132 valence electrons. The van der Waals surface area contributed by atoms with Crippen molar-refractivity contribution in [3.05, 3.63) is 40.1 Å². The normalized spacial score (nSPS) is 19.0. The van der Waals surface area contributed by atoms with E-state index in [1.165, 1.54) is 18.2 Å². The summed E-state index contributed by atoms with van der Waals surface area (Å²) in [5, 5.41) is 0. The van der Waals surface area contributed by atoms with Gasteiger partial charge in [-0.1, -0.05) is 15.9 Å². The number of nitrogens with one attached hydrogen (secondary N) is 1. The summed E-state index contributed by atoms with van der Waals surface area (Å²) in [6.07, 6.45) is 5.63. The number of hydrogen-bond donors (Lipinski definition) is 1. The topological polar surface area (TPSA) is 66.5 Å². The molecule has 1 unspecified atom stereocenters. The van der Waals surface area contributed by atoms with Crippen LogP contribution in [0, 0.1) is 11.7 Å². The van der Waals surface area contributed by atoms with E-state index in [0.29, 0.717) is 25.2 Å². The Labute approximate surface area is 150 Å². The molecule has 0 aliphatic carbocycles. The fraction of sp³-hybridized carbons (Fsp3) is 0.438. The van der Waals surface area contributed by atoms with Gasteiger partial charge in [0.05, 0.1) is 6.26 Å². The molecule has 1 N–H and O–H groups in total. The van der Waals surface area contributed by atoms with Crippen molar-refractivity contribution in [3.8, 4) is 0 Å². The average molecular weight is 419 g/mol. The largest absolute Gasteiger partial charge is 0.339 e. The maximum atomic E-state index is 13.7. The molecule has 1 aromatic rings. The summed E-state index contributed by atoms with van der Waals surface area (Å²) < 4.78 is 39.2.